The van der Waals surface area contributed by atoms with Gasteiger partial charge in [0.2, 0.25) is 5.91 Å². The number of carbonyl (C=O) groups is 1. The highest BCUT2D eigenvalue weighted by Crippen LogP contribution is 2.23. The van der Waals surface area contributed by atoms with Crippen LogP contribution in [0.1, 0.15) is 30.6 Å². The van der Waals surface area contributed by atoms with E-state index in [-0.39, 0.29) is 11.8 Å². The lowest BCUT2D eigenvalue weighted by atomic mass is 9.90. The van der Waals surface area contributed by atoms with Crippen LogP contribution in [-0.4, -0.2) is 47.7 Å². The predicted molar refractivity (Wildman–Crippen MR) is 84.4 cm³/mol. The minimum absolute atomic E-state index is 0.127. The number of nitrogens with zero attached hydrogens (tertiary/aromatic N) is 1. The number of thiophene rings is 1. The van der Waals surface area contributed by atoms with E-state index in [2.05, 4.69) is 27.7 Å². The zero-order valence-corrected chi connectivity index (χ0v) is 13.1. The van der Waals surface area contributed by atoms with E-state index in [1.54, 1.807) is 0 Å². The van der Waals surface area contributed by atoms with Crippen molar-refractivity contribution in [2.45, 2.75) is 44.2 Å². The summed E-state index contributed by atoms with van der Waals surface area (Å²) < 4.78 is 0. The molecule has 2 fully saturated rings. The maximum Gasteiger partial charge on any atom is 0.249 e. The number of aliphatic hydroxyl groups excluding tert-OH is 1. The number of carbonyl (C=O) groups excluding carboxylic acids is 1. The molecule has 0 radical (unpaired) electrons. The zero-order valence-electron chi connectivity index (χ0n) is 12.3. The molecule has 1 aromatic heterocycles. The van der Waals surface area contributed by atoms with Crippen LogP contribution in [0, 0.1) is 5.92 Å². The van der Waals surface area contributed by atoms with E-state index in [9.17, 15) is 9.90 Å². The molecule has 21 heavy (non-hydrogen) atoms. The average molecular weight is 308 g/mol. The number of likely N-dealkylation sites (tertiary alicyclic amines) is 1. The molecular weight excluding hydrogens is 284 g/mol. The van der Waals surface area contributed by atoms with Crippen molar-refractivity contribution in [2.24, 2.45) is 5.92 Å². The summed E-state index contributed by atoms with van der Waals surface area (Å²) in [5, 5.41) is 15.2. The van der Waals surface area contributed by atoms with E-state index in [0.29, 0.717) is 6.04 Å². The summed E-state index contributed by atoms with van der Waals surface area (Å²) in [6.45, 7) is 3.06. The average Bonchev–Trinajstić information content (AvgIpc) is 3.16. The molecule has 5 heteroatoms. The summed E-state index contributed by atoms with van der Waals surface area (Å²) in [4.78, 5) is 15.8. The molecule has 1 aliphatic heterocycles. The van der Waals surface area contributed by atoms with Gasteiger partial charge in [-0.1, -0.05) is 6.07 Å². The lowest BCUT2D eigenvalue weighted by molar-refractivity contribution is -0.133. The third-order valence-electron chi connectivity index (χ3n) is 4.53. The lowest BCUT2D eigenvalue weighted by Crippen LogP contribution is -2.45. The number of hydrogen-bond donors (Lipinski definition) is 2. The first kappa shape index (κ1) is 15.0. The lowest BCUT2D eigenvalue weighted by Gasteiger charge is -2.33. The van der Waals surface area contributed by atoms with Crippen LogP contribution in [0.4, 0.5) is 0 Å². The Balaban J connectivity index is 1.38. The monoisotopic (exact) mass is 308 g/mol. The van der Waals surface area contributed by atoms with E-state index < -0.39 is 6.10 Å². The molecule has 2 aliphatic rings. The van der Waals surface area contributed by atoms with E-state index in [0.717, 1.165) is 51.7 Å². The molecular formula is C16H24N2O2S. The van der Waals surface area contributed by atoms with Gasteiger partial charge in [0.1, 0.15) is 6.10 Å². The first-order chi connectivity index (χ1) is 10.2. The minimum Gasteiger partial charge on any atom is -0.383 e. The van der Waals surface area contributed by atoms with Gasteiger partial charge in [0.15, 0.2) is 0 Å². The van der Waals surface area contributed by atoms with E-state index in [4.69, 9.17) is 0 Å². The van der Waals surface area contributed by atoms with Gasteiger partial charge in [0, 0.05) is 17.5 Å². The fourth-order valence-corrected chi connectivity index (χ4v) is 3.64. The number of aliphatic hydroxyl groups is 1. The molecule has 1 aromatic rings. The second-order valence-corrected chi connectivity index (χ2v) is 7.27. The van der Waals surface area contributed by atoms with Crippen molar-refractivity contribution in [1.82, 2.24) is 10.2 Å². The molecule has 3 rings (SSSR count). The molecule has 1 saturated carbocycles. The smallest absolute Gasteiger partial charge is 0.249 e. The molecule has 116 valence electrons. The SMILES string of the molecule is O=C(NC1CC1)[C@@H](O)C1CCN(CCc2cccs2)CC1. The Morgan fingerprint density at radius 1 is 1.38 bits per heavy atom. The molecule has 2 N–H and O–H groups in total. The van der Waals surface area contributed by atoms with Crippen LogP contribution in [0.5, 0.6) is 0 Å². The summed E-state index contributed by atoms with van der Waals surface area (Å²) in [5.74, 6) is -0.0312. The normalized spacial score (nSPS) is 22.1. The molecule has 2 heterocycles. The maximum atomic E-state index is 11.9. The van der Waals surface area contributed by atoms with Crippen LogP contribution < -0.4 is 5.32 Å². The number of nitrogens with one attached hydrogen (secondary N) is 1. The first-order valence-corrected chi connectivity index (χ1v) is 8.83. The second kappa shape index (κ2) is 6.90. The molecule has 0 spiro atoms. The zero-order chi connectivity index (χ0) is 14.7. The van der Waals surface area contributed by atoms with Crippen LogP contribution in [0.3, 0.4) is 0 Å². The number of amides is 1. The van der Waals surface area contributed by atoms with Crippen molar-refractivity contribution in [3.8, 4) is 0 Å². The molecule has 1 atom stereocenters. The standard InChI is InChI=1S/C16H24N2O2S/c19-15(16(20)17-13-3-4-13)12-5-8-18(9-6-12)10-7-14-2-1-11-21-14/h1-2,11-13,15,19H,3-10H2,(H,17,20)/t15-/m0/s1. The van der Waals surface area contributed by atoms with Gasteiger partial charge in [0.05, 0.1) is 0 Å². The van der Waals surface area contributed by atoms with Gasteiger partial charge in [-0.15, -0.1) is 11.3 Å². The van der Waals surface area contributed by atoms with Gasteiger partial charge >= 0.3 is 0 Å². The summed E-state index contributed by atoms with van der Waals surface area (Å²) in [6.07, 6.45) is 4.27. The molecule has 1 aliphatic carbocycles. The molecule has 1 saturated heterocycles. The maximum absolute atomic E-state index is 11.9. The summed E-state index contributed by atoms with van der Waals surface area (Å²) in [6, 6.07) is 4.61. The van der Waals surface area contributed by atoms with Crippen molar-refractivity contribution in [3.05, 3.63) is 22.4 Å². The molecule has 0 unspecified atom stereocenters. The highest BCUT2D eigenvalue weighted by Gasteiger charge is 2.32. The number of rotatable bonds is 6. The van der Waals surface area contributed by atoms with Crippen LogP contribution in [0.15, 0.2) is 17.5 Å². The summed E-state index contributed by atoms with van der Waals surface area (Å²) in [5.41, 5.74) is 0. The topological polar surface area (TPSA) is 52.6 Å². The van der Waals surface area contributed by atoms with Crippen LogP contribution in [0.25, 0.3) is 0 Å². The van der Waals surface area contributed by atoms with Gasteiger partial charge in [-0.2, -0.15) is 0 Å². The van der Waals surface area contributed by atoms with Gasteiger partial charge in [-0.05, 0) is 62.6 Å². The predicted octanol–water partition coefficient (Wildman–Crippen LogP) is 1.64. The Morgan fingerprint density at radius 3 is 2.76 bits per heavy atom. The van der Waals surface area contributed by atoms with E-state index >= 15 is 0 Å². The Morgan fingerprint density at radius 2 is 2.14 bits per heavy atom. The number of piperidine rings is 1. The van der Waals surface area contributed by atoms with Gasteiger partial charge in [-0.25, -0.2) is 0 Å². The highest BCUT2D eigenvalue weighted by atomic mass is 32.1. The largest absolute Gasteiger partial charge is 0.383 e. The Kier molecular flexibility index (Phi) is 4.93. The Bertz CT molecular complexity index is 451. The van der Waals surface area contributed by atoms with Gasteiger partial charge < -0.3 is 15.3 Å². The van der Waals surface area contributed by atoms with E-state index in [1.807, 2.05) is 11.3 Å². The molecule has 1 amide bonds. The van der Waals surface area contributed by atoms with Crippen molar-refractivity contribution in [1.29, 1.82) is 0 Å². The van der Waals surface area contributed by atoms with Crippen molar-refractivity contribution >= 4 is 17.2 Å². The fraction of sp³-hybridized carbons (Fsp3) is 0.688. The minimum atomic E-state index is -0.815. The van der Waals surface area contributed by atoms with E-state index in [1.165, 1.54) is 4.88 Å². The fourth-order valence-electron chi connectivity index (χ4n) is 2.94. The third-order valence-corrected chi connectivity index (χ3v) is 5.46. The quantitative estimate of drug-likeness (QED) is 0.840. The molecule has 4 nitrogen and oxygen atoms in total. The molecule has 0 bridgehead atoms. The van der Waals surface area contributed by atoms with Crippen molar-refractivity contribution in [3.63, 3.8) is 0 Å². The Hall–Kier alpha value is -0.910. The summed E-state index contributed by atoms with van der Waals surface area (Å²) in [7, 11) is 0. The summed E-state index contributed by atoms with van der Waals surface area (Å²) >= 11 is 1.81. The first-order valence-electron chi connectivity index (χ1n) is 7.95. The Labute approximate surface area is 130 Å². The van der Waals surface area contributed by atoms with Crippen LogP contribution in [-0.2, 0) is 11.2 Å². The van der Waals surface area contributed by atoms with Gasteiger partial charge in [0.25, 0.3) is 0 Å². The van der Waals surface area contributed by atoms with Crippen molar-refractivity contribution in [2.75, 3.05) is 19.6 Å². The third kappa shape index (κ3) is 4.28. The molecule has 0 aromatic carbocycles. The number of hydrogen-bond acceptors (Lipinski definition) is 4. The van der Waals surface area contributed by atoms with Crippen molar-refractivity contribution < 1.29 is 9.90 Å². The van der Waals surface area contributed by atoms with Gasteiger partial charge in [-0.3, -0.25) is 4.79 Å². The van der Waals surface area contributed by atoms with Crippen LogP contribution >= 0.6 is 11.3 Å². The highest BCUT2D eigenvalue weighted by molar-refractivity contribution is 7.09. The second-order valence-electron chi connectivity index (χ2n) is 6.24. The van der Waals surface area contributed by atoms with Crippen LogP contribution in [0.2, 0.25) is 0 Å².